The van der Waals surface area contributed by atoms with Crippen LogP contribution in [0.25, 0.3) is 0 Å². The van der Waals surface area contributed by atoms with E-state index >= 15 is 0 Å². The molecule has 0 bridgehead atoms. The minimum absolute atomic E-state index is 0.188. The predicted octanol–water partition coefficient (Wildman–Crippen LogP) is 4.89. The first-order chi connectivity index (χ1) is 14.1. The van der Waals surface area contributed by atoms with Crippen molar-refractivity contribution in [1.82, 2.24) is 4.90 Å². The maximum atomic E-state index is 12.3. The summed E-state index contributed by atoms with van der Waals surface area (Å²) in [6.45, 7) is 4.55. The molecule has 0 saturated carbocycles. The van der Waals surface area contributed by atoms with Gasteiger partial charge in [0.25, 0.3) is 10.1 Å². The number of amides is 1. The van der Waals surface area contributed by atoms with Gasteiger partial charge in [0, 0.05) is 32.9 Å². The molecule has 0 rings (SSSR count). The molecular weight excluding hydrogens is 400 g/mol. The lowest BCUT2D eigenvalue weighted by Gasteiger charge is -2.30. The van der Waals surface area contributed by atoms with Gasteiger partial charge in [0.15, 0.2) is 0 Å². The van der Waals surface area contributed by atoms with E-state index in [4.69, 9.17) is 4.55 Å². The van der Waals surface area contributed by atoms with Crippen molar-refractivity contribution < 1.29 is 22.2 Å². The molecule has 0 atom stereocenters. The van der Waals surface area contributed by atoms with Crippen LogP contribution in [-0.4, -0.2) is 74.8 Å². The van der Waals surface area contributed by atoms with Gasteiger partial charge >= 0.3 is 0 Å². The molecule has 0 unspecified atom stereocenters. The molecule has 0 aliphatic heterocycles. The van der Waals surface area contributed by atoms with Crippen molar-refractivity contribution in [3.63, 3.8) is 0 Å². The Morgan fingerprint density at radius 2 is 1.27 bits per heavy atom. The van der Waals surface area contributed by atoms with E-state index in [1.54, 1.807) is 0 Å². The molecule has 1 amide bonds. The Bertz CT molecular complexity index is 535. The number of hydrogen-bond acceptors (Lipinski definition) is 3. The summed E-state index contributed by atoms with van der Waals surface area (Å²) >= 11 is 0. The highest BCUT2D eigenvalue weighted by Crippen LogP contribution is 2.12. The van der Waals surface area contributed by atoms with E-state index in [1.165, 1.54) is 57.8 Å². The maximum absolute atomic E-state index is 12.3. The SMILES string of the molecule is CCCCCCCCCCCCCC(=O)N(C)CCC[N+](C)(C)CCCS(=O)(=O)O. The van der Waals surface area contributed by atoms with Gasteiger partial charge in [0.1, 0.15) is 0 Å². The van der Waals surface area contributed by atoms with E-state index in [-0.39, 0.29) is 11.7 Å². The van der Waals surface area contributed by atoms with Crippen LogP contribution in [0.4, 0.5) is 0 Å². The third-order valence-corrected chi connectivity index (χ3v) is 6.65. The molecule has 0 aromatic rings. The lowest BCUT2D eigenvalue weighted by molar-refractivity contribution is -0.890. The smallest absolute Gasteiger partial charge is 0.265 e. The van der Waals surface area contributed by atoms with Crippen LogP contribution in [-0.2, 0) is 14.9 Å². The van der Waals surface area contributed by atoms with Gasteiger partial charge in [-0.3, -0.25) is 9.35 Å². The van der Waals surface area contributed by atoms with Gasteiger partial charge in [-0.25, -0.2) is 0 Å². The molecule has 6 nitrogen and oxygen atoms in total. The van der Waals surface area contributed by atoms with Crippen LogP contribution >= 0.6 is 0 Å². The quantitative estimate of drug-likeness (QED) is 0.163. The van der Waals surface area contributed by atoms with Crippen LogP contribution in [0.1, 0.15) is 96.8 Å². The Morgan fingerprint density at radius 1 is 0.800 bits per heavy atom. The first-order valence-electron chi connectivity index (χ1n) is 12.1. The van der Waals surface area contributed by atoms with Gasteiger partial charge < -0.3 is 9.38 Å². The molecule has 7 heteroatoms. The molecule has 0 heterocycles. The van der Waals surface area contributed by atoms with Gasteiger partial charge in [0.2, 0.25) is 5.91 Å². The van der Waals surface area contributed by atoms with Gasteiger partial charge in [0.05, 0.1) is 32.9 Å². The van der Waals surface area contributed by atoms with Gasteiger partial charge in [-0.1, -0.05) is 71.1 Å². The molecule has 0 aliphatic rings. The summed E-state index contributed by atoms with van der Waals surface area (Å²) < 4.78 is 31.2. The van der Waals surface area contributed by atoms with E-state index in [0.29, 0.717) is 23.9 Å². The van der Waals surface area contributed by atoms with Crippen molar-refractivity contribution in [3.05, 3.63) is 0 Å². The number of carbonyl (C=O) groups excluding carboxylic acids is 1. The summed E-state index contributed by atoms with van der Waals surface area (Å²) in [5.74, 6) is 0.0362. The largest absolute Gasteiger partial charge is 0.346 e. The fraction of sp³-hybridized carbons (Fsp3) is 0.957. The lowest BCUT2D eigenvalue weighted by atomic mass is 10.1. The number of hydrogen-bond donors (Lipinski definition) is 1. The van der Waals surface area contributed by atoms with Crippen molar-refractivity contribution in [2.75, 3.05) is 46.5 Å². The molecule has 180 valence electrons. The lowest BCUT2D eigenvalue weighted by Crippen LogP contribution is -2.43. The molecule has 0 aromatic carbocycles. The summed E-state index contributed by atoms with van der Waals surface area (Å²) in [5, 5.41) is 0. The third-order valence-electron chi connectivity index (χ3n) is 5.84. The van der Waals surface area contributed by atoms with Crippen molar-refractivity contribution in [3.8, 4) is 0 Å². The highest BCUT2D eigenvalue weighted by Gasteiger charge is 2.17. The fourth-order valence-corrected chi connectivity index (χ4v) is 4.27. The molecular formula is C23H49N2O4S+. The van der Waals surface area contributed by atoms with E-state index in [9.17, 15) is 13.2 Å². The molecule has 0 saturated heterocycles. The first-order valence-corrected chi connectivity index (χ1v) is 13.7. The van der Waals surface area contributed by atoms with Crippen LogP contribution in [0.15, 0.2) is 0 Å². The van der Waals surface area contributed by atoms with E-state index in [0.717, 1.165) is 32.4 Å². The second kappa shape index (κ2) is 17.0. The average molecular weight is 450 g/mol. The van der Waals surface area contributed by atoms with E-state index in [1.807, 2.05) is 11.9 Å². The molecule has 30 heavy (non-hydrogen) atoms. The Morgan fingerprint density at radius 3 is 1.77 bits per heavy atom. The van der Waals surface area contributed by atoms with Gasteiger partial charge in [-0.2, -0.15) is 8.42 Å². The van der Waals surface area contributed by atoms with Gasteiger partial charge in [-0.05, 0) is 6.42 Å². The maximum Gasteiger partial charge on any atom is 0.265 e. The monoisotopic (exact) mass is 449 g/mol. The Balaban J connectivity index is 3.68. The predicted molar refractivity (Wildman–Crippen MR) is 126 cm³/mol. The zero-order valence-electron chi connectivity index (χ0n) is 20.2. The van der Waals surface area contributed by atoms with E-state index < -0.39 is 10.1 Å². The second-order valence-electron chi connectivity index (χ2n) is 9.48. The van der Waals surface area contributed by atoms with Crippen molar-refractivity contribution in [1.29, 1.82) is 0 Å². The van der Waals surface area contributed by atoms with Crippen molar-refractivity contribution >= 4 is 16.0 Å². The topological polar surface area (TPSA) is 74.7 Å². The number of carbonyl (C=O) groups is 1. The number of unbranched alkanes of at least 4 members (excludes halogenated alkanes) is 10. The van der Waals surface area contributed by atoms with Crippen LogP contribution in [0.3, 0.4) is 0 Å². The zero-order chi connectivity index (χ0) is 22.9. The fourth-order valence-electron chi connectivity index (χ4n) is 3.78. The second-order valence-corrected chi connectivity index (χ2v) is 11.0. The number of nitrogens with zero attached hydrogens (tertiary/aromatic N) is 2. The Kier molecular flexibility index (Phi) is 16.6. The summed E-state index contributed by atoms with van der Waals surface area (Å²) in [6, 6.07) is 0. The summed E-state index contributed by atoms with van der Waals surface area (Å²) in [4.78, 5) is 14.1. The first kappa shape index (κ1) is 29.3. The molecule has 0 spiro atoms. The molecule has 0 fully saturated rings. The zero-order valence-corrected chi connectivity index (χ0v) is 21.0. The molecule has 1 N–H and O–H groups in total. The number of quaternary nitrogens is 1. The van der Waals surface area contributed by atoms with Crippen molar-refractivity contribution in [2.24, 2.45) is 0 Å². The minimum Gasteiger partial charge on any atom is -0.346 e. The highest BCUT2D eigenvalue weighted by atomic mass is 32.2. The molecule has 0 radical (unpaired) electrons. The Hall–Kier alpha value is -0.660. The highest BCUT2D eigenvalue weighted by molar-refractivity contribution is 7.85. The van der Waals surface area contributed by atoms with Crippen LogP contribution in [0.5, 0.6) is 0 Å². The Labute approximate surface area is 186 Å². The van der Waals surface area contributed by atoms with Crippen LogP contribution in [0.2, 0.25) is 0 Å². The standard InChI is InChI=1S/C23H48N2O4S/c1-5-6-7-8-9-10-11-12-13-14-15-18-23(26)24(2)19-16-20-25(3,4)21-17-22-30(27,28)29/h5-22H2,1-4H3/p+1. The van der Waals surface area contributed by atoms with Crippen LogP contribution < -0.4 is 0 Å². The van der Waals surface area contributed by atoms with Gasteiger partial charge in [-0.15, -0.1) is 0 Å². The normalized spacial score (nSPS) is 12.3. The third kappa shape index (κ3) is 19.3. The van der Waals surface area contributed by atoms with E-state index in [2.05, 4.69) is 21.0 Å². The average Bonchev–Trinajstić information content (AvgIpc) is 2.64. The number of rotatable bonds is 20. The summed E-state index contributed by atoms with van der Waals surface area (Å²) in [6.07, 6.45) is 16.1. The molecule has 0 aliphatic carbocycles. The minimum atomic E-state index is -3.88. The van der Waals surface area contributed by atoms with Crippen molar-refractivity contribution in [2.45, 2.75) is 96.8 Å². The summed E-state index contributed by atoms with van der Waals surface area (Å²) in [5.41, 5.74) is 0. The molecule has 0 aromatic heterocycles. The van der Waals surface area contributed by atoms with Crippen LogP contribution in [0, 0.1) is 0 Å². The summed E-state index contributed by atoms with van der Waals surface area (Å²) in [7, 11) is 2.10.